The van der Waals surface area contributed by atoms with Crippen LogP contribution < -0.4 is 16.2 Å². The highest BCUT2D eigenvalue weighted by molar-refractivity contribution is 5.94. The van der Waals surface area contributed by atoms with Crippen molar-refractivity contribution in [2.24, 2.45) is 0 Å². The summed E-state index contributed by atoms with van der Waals surface area (Å²) < 4.78 is 10.2. The molecule has 1 rings (SSSR count). The van der Waals surface area contributed by atoms with Gasteiger partial charge < -0.3 is 14.8 Å². The molecule has 0 aliphatic rings. The lowest BCUT2D eigenvalue weighted by Gasteiger charge is -2.20. The average molecular weight is 365 g/mol. The van der Waals surface area contributed by atoms with E-state index in [1.807, 2.05) is 0 Å². The Balaban J connectivity index is 2.47. The second-order valence-corrected chi connectivity index (χ2v) is 7.63. The monoisotopic (exact) mass is 365 g/mol. The number of nitrogens with one attached hydrogen (secondary N) is 3. The normalized spacial score (nSPS) is 11.3. The van der Waals surface area contributed by atoms with Crippen molar-refractivity contribution in [3.63, 3.8) is 0 Å². The molecule has 0 atom stereocenters. The number of ether oxygens (including phenoxy) is 2. The molecule has 3 N–H and O–H groups in total. The molecule has 1 aromatic carbocycles. The standard InChI is InChI=1S/C18H27N3O5/c1-17(2,3)25-15(23)19-11-12-7-9-13(10-8-12)14(22)20-21-16(24)26-18(4,5)6/h7-10H,11H2,1-6H3,(H,19,23)(H,20,22)(H,21,24). The van der Waals surface area contributed by atoms with Gasteiger partial charge in [-0.2, -0.15) is 0 Å². The zero-order valence-corrected chi connectivity index (χ0v) is 16.1. The molecule has 144 valence electrons. The fourth-order valence-electron chi connectivity index (χ4n) is 1.75. The first-order valence-electron chi connectivity index (χ1n) is 8.21. The lowest BCUT2D eigenvalue weighted by Crippen LogP contribution is -2.44. The molecule has 0 aromatic heterocycles. The zero-order valence-electron chi connectivity index (χ0n) is 16.1. The molecule has 3 amide bonds. The SMILES string of the molecule is CC(C)(C)OC(=O)NCc1ccc(C(=O)NNC(=O)OC(C)(C)C)cc1. The summed E-state index contributed by atoms with van der Waals surface area (Å²) in [6, 6.07) is 6.55. The second-order valence-electron chi connectivity index (χ2n) is 7.63. The van der Waals surface area contributed by atoms with E-state index in [0.717, 1.165) is 5.56 Å². The summed E-state index contributed by atoms with van der Waals surface area (Å²) in [5.41, 5.74) is 4.37. The summed E-state index contributed by atoms with van der Waals surface area (Å²) in [6.45, 7) is 10.8. The second kappa shape index (κ2) is 8.55. The molecule has 26 heavy (non-hydrogen) atoms. The molecule has 0 heterocycles. The van der Waals surface area contributed by atoms with Gasteiger partial charge in [-0.05, 0) is 59.2 Å². The Labute approximate surface area is 153 Å². The van der Waals surface area contributed by atoms with Crippen LogP contribution in [0, 0.1) is 0 Å². The molecule has 0 saturated carbocycles. The molecule has 0 fully saturated rings. The highest BCUT2D eigenvalue weighted by atomic mass is 16.6. The van der Waals surface area contributed by atoms with Gasteiger partial charge in [0, 0.05) is 12.1 Å². The van der Waals surface area contributed by atoms with E-state index in [0.29, 0.717) is 5.56 Å². The van der Waals surface area contributed by atoms with Crippen LogP contribution in [0.5, 0.6) is 0 Å². The maximum absolute atomic E-state index is 12.0. The Morgan fingerprint density at radius 1 is 0.808 bits per heavy atom. The maximum Gasteiger partial charge on any atom is 0.426 e. The van der Waals surface area contributed by atoms with E-state index in [4.69, 9.17) is 9.47 Å². The number of carbonyl (C=O) groups excluding carboxylic acids is 3. The summed E-state index contributed by atoms with van der Waals surface area (Å²) in [6.07, 6.45) is -1.26. The number of rotatable bonds is 3. The Bertz CT molecular complexity index is 642. The van der Waals surface area contributed by atoms with Crippen LogP contribution in [0.25, 0.3) is 0 Å². The van der Waals surface area contributed by atoms with Crippen LogP contribution in [0.1, 0.15) is 57.5 Å². The minimum Gasteiger partial charge on any atom is -0.444 e. The number of carbonyl (C=O) groups is 3. The first-order chi connectivity index (χ1) is 11.9. The molecule has 0 unspecified atom stereocenters. The summed E-state index contributed by atoms with van der Waals surface area (Å²) in [7, 11) is 0. The topological polar surface area (TPSA) is 106 Å². The predicted octanol–water partition coefficient (Wildman–Crippen LogP) is 2.88. The molecule has 0 bridgehead atoms. The Morgan fingerprint density at radius 2 is 1.31 bits per heavy atom. The van der Waals surface area contributed by atoms with Gasteiger partial charge in [-0.3, -0.25) is 10.2 Å². The average Bonchev–Trinajstić information content (AvgIpc) is 2.48. The van der Waals surface area contributed by atoms with Crippen molar-refractivity contribution in [2.45, 2.75) is 59.3 Å². The van der Waals surface area contributed by atoms with Crippen molar-refractivity contribution in [1.29, 1.82) is 0 Å². The maximum atomic E-state index is 12.0. The van der Waals surface area contributed by atoms with E-state index in [9.17, 15) is 14.4 Å². The molecular formula is C18H27N3O5. The molecule has 8 nitrogen and oxygen atoms in total. The Hall–Kier alpha value is -2.77. The smallest absolute Gasteiger partial charge is 0.426 e. The number of alkyl carbamates (subject to hydrolysis) is 1. The van der Waals surface area contributed by atoms with E-state index in [-0.39, 0.29) is 6.54 Å². The third-order valence-corrected chi connectivity index (χ3v) is 2.73. The summed E-state index contributed by atoms with van der Waals surface area (Å²) in [4.78, 5) is 35.1. The molecule has 0 saturated heterocycles. The van der Waals surface area contributed by atoms with Crippen molar-refractivity contribution < 1.29 is 23.9 Å². The lowest BCUT2D eigenvalue weighted by atomic mass is 10.1. The number of benzene rings is 1. The van der Waals surface area contributed by atoms with Gasteiger partial charge in [0.05, 0.1) is 0 Å². The quantitative estimate of drug-likeness (QED) is 0.714. The molecule has 0 radical (unpaired) electrons. The van der Waals surface area contributed by atoms with Gasteiger partial charge in [0.25, 0.3) is 5.91 Å². The number of hydrogen-bond acceptors (Lipinski definition) is 5. The lowest BCUT2D eigenvalue weighted by molar-refractivity contribution is 0.0482. The number of hydrazine groups is 1. The van der Waals surface area contributed by atoms with E-state index >= 15 is 0 Å². The van der Waals surface area contributed by atoms with Gasteiger partial charge >= 0.3 is 12.2 Å². The fourth-order valence-corrected chi connectivity index (χ4v) is 1.75. The van der Waals surface area contributed by atoms with Gasteiger partial charge in [0.2, 0.25) is 0 Å². The number of amides is 3. The van der Waals surface area contributed by atoms with Crippen molar-refractivity contribution in [2.75, 3.05) is 0 Å². The van der Waals surface area contributed by atoms with Crippen molar-refractivity contribution in [3.05, 3.63) is 35.4 Å². The minimum atomic E-state index is -0.746. The fraction of sp³-hybridized carbons (Fsp3) is 0.500. The minimum absolute atomic E-state index is 0.271. The van der Waals surface area contributed by atoms with Crippen molar-refractivity contribution >= 4 is 18.1 Å². The molecule has 8 heteroatoms. The van der Waals surface area contributed by atoms with E-state index in [1.165, 1.54) is 0 Å². The summed E-state index contributed by atoms with van der Waals surface area (Å²) >= 11 is 0. The third kappa shape index (κ3) is 8.91. The molecule has 1 aromatic rings. The first-order valence-corrected chi connectivity index (χ1v) is 8.21. The van der Waals surface area contributed by atoms with Crippen LogP contribution in [0.3, 0.4) is 0 Å². The highest BCUT2D eigenvalue weighted by Gasteiger charge is 2.17. The van der Waals surface area contributed by atoms with Gasteiger partial charge in [0.15, 0.2) is 0 Å². The largest absolute Gasteiger partial charge is 0.444 e. The Kier molecular flexibility index (Phi) is 7.00. The highest BCUT2D eigenvalue weighted by Crippen LogP contribution is 2.08. The van der Waals surface area contributed by atoms with Crippen LogP contribution in [0.15, 0.2) is 24.3 Å². The molecule has 0 aliphatic carbocycles. The summed E-state index contributed by atoms with van der Waals surface area (Å²) in [5.74, 6) is -0.484. The van der Waals surface area contributed by atoms with Crippen LogP contribution in [0.4, 0.5) is 9.59 Å². The Morgan fingerprint density at radius 3 is 1.81 bits per heavy atom. The zero-order chi connectivity index (χ0) is 20.0. The van der Waals surface area contributed by atoms with Gasteiger partial charge in [-0.15, -0.1) is 0 Å². The molecule has 0 aliphatic heterocycles. The number of hydrogen-bond donors (Lipinski definition) is 3. The third-order valence-electron chi connectivity index (χ3n) is 2.73. The molecular weight excluding hydrogens is 338 g/mol. The van der Waals surface area contributed by atoms with Gasteiger partial charge in [-0.25, -0.2) is 15.0 Å². The van der Waals surface area contributed by atoms with Gasteiger partial charge in [0.1, 0.15) is 11.2 Å². The van der Waals surface area contributed by atoms with Crippen LogP contribution >= 0.6 is 0 Å². The van der Waals surface area contributed by atoms with Crippen LogP contribution in [-0.4, -0.2) is 29.3 Å². The van der Waals surface area contributed by atoms with E-state index in [2.05, 4.69) is 16.2 Å². The van der Waals surface area contributed by atoms with E-state index in [1.54, 1.807) is 65.8 Å². The summed E-state index contributed by atoms with van der Waals surface area (Å²) in [5, 5.41) is 2.63. The van der Waals surface area contributed by atoms with Gasteiger partial charge in [-0.1, -0.05) is 12.1 Å². The molecule has 0 spiro atoms. The van der Waals surface area contributed by atoms with Crippen LogP contribution in [0.2, 0.25) is 0 Å². The van der Waals surface area contributed by atoms with E-state index < -0.39 is 29.3 Å². The predicted molar refractivity (Wildman–Crippen MR) is 96.4 cm³/mol. The van der Waals surface area contributed by atoms with Crippen LogP contribution in [-0.2, 0) is 16.0 Å². The first kappa shape index (κ1) is 21.3. The van der Waals surface area contributed by atoms with Crippen molar-refractivity contribution in [3.8, 4) is 0 Å². The van der Waals surface area contributed by atoms with Crippen molar-refractivity contribution in [1.82, 2.24) is 16.2 Å².